The minimum atomic E-state index is -0.396. The molecule has 0 bridgehead atoms. The Labute approximate surface area is 138 Å². The van der Waals surface area contributed by atoms with Crippen molar-refractivity contribution in [1.29, 1.82) is 0 Å². The lowest BCUT2D eigenvalue weighted by Gasteiger charge is -1.96. The van der Waals surface area contributed by atoms with Gasteiger partial charge in [-0.1, -0.05) is 36.4 Å². The summed E-state index contributed by atoms with van der Waals surface area (Å²) in [7, 11) is 0. The highest BCUT2D eigenvalue weighted by atomic mass is 16.3. The Morgan fingerprint density at radius 1 is 1.25 bits per heavy atom. The number of nitrogens with zero attached hydrogens (tertiary/aromatic N) is 2. The van der Waals surface area contributed by atoms with E-state index in [2.05, 4.69) is 20.7 Å². The van der Waals surface area contributed by atoms with Gasteiger partial charge >= 0.3 is 0 Å². The second-order valence-corrected chi connectivity index (χ2v) is 5.14. The molecule has 3 aromatic rings. The van der Waals surface area contributed by atoms with Crippen molar-refractivity contribution in [3.8, 4) is 11.5 Å². The minimum absolute atomic E-state index is 0.239. The summed E-state index contributed by atoms with van der Waals surface area (Å²) in [6, 6.07) is 15.0. The Morgan fingerprint density at radius 3 is 2.83 bits per heavy atom. The molecule has 1 amide bonds. The van der Waals surface area contributed by atoms with Crippen LogP contribution in [0.25, 0.3) is 17.5 Å². The zero-order chi connectivity index (χ0) is 16.8. The van der Waals surface area contributed by atoms with Crippen LogP contribution < -0.4 is 5.43 Å². The molecule has 0 aliphatic heterocycles. The molecule has 0 unspecified atom stereocenters. The lowest BCUT2D eigenvalue weighted by molar-refractivity contribution is 0.0950. The van der Waals surface area contributed by atoms with Crippen LogP contribution in [0.2, 0.25) is 0 Å². The largest absolute Gasteiger partial charge is 0.463 e. The van der Waals surface area contributed by atoms with Gasteiger partial charge in [0.05, 0.1) is 12.5 Å². The van der Waals surface area contributed by atoms with Gasteiger partial charge in [0, 0.05) is 6.07 Å². The Kier molecular flexibility index (Phi) is 4.67. The first kappa shape index (κ1) is 15.5. The number of allylic oxidation sites excluding steroid dienone is 1. The second kappa shape index (κ2) is 7.23. The van der Waals surface area contributed by atoms with E-state index < -0.39 is 5.91 Å². The number of carbonyl (C=O) groups excluding carboxylic acids is 1. The first-order chi connectivity index (χ1) is 11.7. The molecular weight excluding hydrogens is 304 g/mol. The zero-order valence-electron chi connectivity index (χ0n) is 13.1. The number of carbonyl (C=O) groups is 1. The third kappa shape index (κ3) is 3.86. The normalized spacial score (nSPS) is 11.8. The van der Waals surface area contributed by atoms with Crippen LogP contribution in [0.15, 0.2) is 69.9 Å². The van der Waals surface area contributed by atoms with Gasteiger partial charge in [-0.2, -0.15) is 10.2 Å². The Hall–Kier alpha value is -3.41. The number of hydrazone groups is 1. The van der Waals surface area contributed by atoms with E-state index in [1.165, 1.54) is 0 Å². The number of furan rings is 1. The topological polar surface area (TPSA) is 83.3 Å². The van der Waals surface area contributed by atoms with Crippen LogP contribution in [0.3, 0.4) is 0 Å². The monoisotopic (exact) mass is 320 g/mol. The molecular formula is C18H16N4O2. The van der Waals surface area contributed by atoms with E-state index >= 15 is 0 Å². The van der Waals surface area contributed by atoms with Gasteiger partial charge in [-0.05, 0) is 30.2 Å². The third-order valence-corrected chi connectivity index (χ3v) is 3.23. The van der Waals surface area contributed by atoms with Crippen molar-refractivity contribution in [2.45, 2.75) is 6.92 Å². The highest BCUT2D eigenvalue weighted by molar-refractivity contribution is 5.94. The summed E-state index contributed by atoms with van der Waals surface area (Å²) in [4.78, 5) is 12.0. The van der Waals surface area contributed by atoms with Crippen LogP contribution in [0, 0.1) is 0 Å². The van der Waals surface area contributed by atoms with Gasteiger partial charge in [-0.3, -0.25) is 9.89 Å². The molecule has 120 valence electrons. The first-order valence-electron chi connectivity index (χ1n) is 7.38. The van der Waals surface area contributed by atoms with E-state index in [-0.39, 0.29) is 5.69 Å². The van der Waals surface area contributed by atoms with Crippen LogP contribution in [0.4, 0.5) is 0 Å². The summed E-state index contributed by atoms with van der Waals surface area (Å²) in [5.41, 5.74) is 5.31. The number of hydrogen-bond donors (Lipinski definition) is 2. The number of aromatic nitrogens is 2. The maximum absolute atomic E-state index is 12.0. The van der Waals surface area contributed by atoms with Crippen molar-refractivity contribution in [3.63, 3.8) is 0 Å². The molecule has 6 heteroatoms. The van der Waals surface area contributed by atoms with Crippen molar-refractivity contribution in [2.24, 2.45) is 5.10 Å². The summed E-state index contributed by atoms with van der Waals surface area (Å²) in [6.45, 7) is 1.91. The van der Waals surface area contributed by atoms with Crippen LogP contribution in [-0.4, -0.2) is 22.3 Å². The number of hydrogen-bond acceptors (Lipinski definition) is 4. The molecule has 0 fully saturated rings. The predicted octanol–water partition coefficient (Wildman–Crippen LogP) is 3.49. The minimum Gasteiger partial charge on any atom is -0.463 e. The maximum atomic E-state index is 12.0. The van der Waals surface area contributed by atoms with E-state index in [1.54, 1.807) is 30.7 Å². The van der Waals surface area contributed by atoms with Gasteiger partial charge in [0.25, 0.3) is 5.91 Å². The molecule has 0 saturated heterocycles. The molecule has 3 rings (SSSR count). The van der Waals surface area contributed by atoms with Crippen molar-refractivity contribution in [1.82, 2.24) is 15.6 Å². The van der Waals surface area contributed by atoms with Gasteiger partial charge in [-0.15, -0.1) is 0 Å². The number of nitrogens with one attached hydrogen (secondary N) is 2. The SMILES string of the molecule is CC(/C=N\NC(=O)c1cc(-c2ccco2)[nH]n1)=C\c1ccccc1. The fraction of sp³-hybridized carbons (Fsp3) is 0.0556. The predicted molar refractivity (Wildman–Crippen MR) is 92.3 cm³/mol. The smallest absolute Gasteiger partial charge is 0.291 e. The number of rotatable bonds is 5. The summed E-state index contributed by atoms with van der Waals surface area (Å²) in [6.07, 6.45) is 5.12. The van der Waals surface area contributed by atoms with Gasteiger partial charge in [0.2, 0.25) is 0 Å². The fourth-order valence-corrected chi connectivity index (χ4v) is 2.10. The maximum Gasteiger partial charge on any atom is 0.291 e. The molecule has 0 atom stereocenters. The van der Waals surface area contributed by atoms with Gasteiger partial charge < -0.3 is 4.42 Å². The molecule has 0 aliphatic rings. The summed E-state index contributed by atoms with van der Waals surface area (Å²) >= 11 is 0. The molecule has 24 heavy (non-hydrogen) atoms. The van der Waals surface area contributed by atoms with Gasteiger partial charge in [0.15, 0.2) is 11.5 Å². The fourth-order valence-electron chi connectivity index (χ4n) is 2.10. The molecule has 0 radical (unpaired) electrons. The number of H-pyrrole nitrogens is 1. The molecule has 0 spiro atoms. The molecule has 2 heterocycles. The van der Waals surface area contributed by atoms with Gasteiger partial charge in [0.1, 0.15) is 5.69 Å². The molecule has 2 N–H and O–H groups in total. The van der Waals surface area contributed by atoms with Crippen LogP contribution in [0.1, 0.15) is 23.0 Å². The van der Waals surface area contributed by atoms with E-state index in [0.717, 1.165) is 11.1 Å². The molecule has 2 aromatic heterocycles. The lowest BCUT2D eigenvalue weighted by atomic mass is 10.1. The van der Waals surface area contributed by atoms with Crippen LogP contribution in [-0.2, 0) is 0 Å². The summed E-state index contributed by atoms with van der Waals surface area (Å²) in [5.74, 6) is 0.222. The Balaban J connectivity index is 1.60. The number of amides is 1. The average Bonchev–Trinajstić information content (AvgIpc) is 3.27. The van der Waals surface area contributed by atoms with Crippen LogP contribution in [0.5, 0.6) is 0 Å². The van der Waals surface area contributed by atoms with E-state index in [9.17, 15) is 4.79 Å². The lowest BCUT2D eigenvalue weighted by Crippen LogP contribution is -2.17. The third-order valence-electron chi connectivity index (χ3n) is 3.23. The summed E-state index contributed by atoms with van der Waals surface area (Å²) < 4.78 is 5.24. The first-order valence-corrected chi connectivity index (χ1v) is 7.38. The van der Waals surface area contributed by atoms with E-state index in [4.69, 9.17) is 4.42 Å². The van der Waals surface area contributed by atoms with Crippen molar-refractivity contribution < 1.29 is 9.21 Å². The molecule has 1 aromatic carbocycles. The number of benzene rings is 1. The van der Waals surface area contributed by atoms with Gasteiger partial charge in [-0.25, -0.2) is 5.43 Å². The Bertz CT molecular complexity index is 862. The van der Waals surface area contributed by atoms with E-state index in [0.29, 0.717) is 11.5 Å². The highest BCUT2D eigenvalue weighted by Crippen LogP contribution is 2.17. The zero-order valence-corrected chi connectivity index (χ0v) is 13.1. The van der Waals surface area contributed by atoms with Crippen molar-refractivity contribution >= 4 is 18.2 Å². The standard InChI is InChI=1S/C18H16N4O2/c1-13(10-14-6-3-2-4-7-14)12-19-22-18(23)16-11-15(20-21-16)17-8-5-9-24-17/h2-12H,1H3,(H,20,21)(H,22,23)/b13-10+,19-12-. The summed E-state index contributed by atoms with van der Waals surface area (Å²) in [5, 5.41) is 10.7. The second-order valence-electron chi connectivity index (χ2n) is 5.14. The molecule has 0 aliphatic carbocycles. The average molecular weight is 320 g/mol. The van der Waals surface area contributed by atoms with Crippen molar-refractivity contribution in [2.75, 3.05) is 0 Å². The van der Waals surface area contributed by atoms with Crippen molar-refractivity contribution in [3.05, 3.63) is 71.6 Å². The molecule has 6 nitrogen and oxygen atoms in total. The van der Waals surface area contributed by atoms with E-state index in [1.807, 2.05) is 43.3 Å². The quantitative estimate of drug-likeness (QED) is 0.557. The molecule has 0 saturated carbocycles. The van der Waals surface area contributed by atoms with Crippen LogP contribution >= 0.6 is 0 Å². The Morgan fingerprint density at radius 2 is 2.08 bits per heavy atom. The number of aromatic amines is 1. The highest BCUT2D eigenvalue weighted by Gasteiger charge is 2.11.